The Morgan fingerprint density at radius 2 is 1.75 bits per heavy atom. The van der Waals surface area contributed by atoms with E-state index in [2.05, 4.69) is 0 Å². The fourth-order valence-corrected chi connectivity index (χ4v) is 6.92. The number of rotatable bonds is 7. The van der Waals surface area contributed by atoms with Crippen molar-refractivity contribution >= 4 is 22.1 Å². The van der Waals surface area contributed by atoms with E-state index in [0.29, 0.717) is 34.6 Å². The van der Waals surface area contributed by atoms with Crippen LogP contribution < -0.4 is 4.74 Å². The van der Waals surface area contributed by atoms with Crippen molar-refractivity contribution in [1.29, 1.82) is 0 Å². The van der Waals surface area contributed by atoms with Gasteiger partial charge in [0.2, 0.25) is 10.0 Å². The van der Waals surface area contributed by atoms with Gasteiger partial charge >= 0.3 is 12.1 Å². The summed E-state index contributed by atoms with van der Waals surface area (Å²) in [6.07, 6.45) is 0.212. The number of carbonyl (C=O) groups excluding carboxylic acids is 2. The van der Waals surface area contributed by atoms with E-state index in [0.717, 1.165) is 11.1 Å². The van der Waals surface area contributed by atoms with Crippen molar-refractivity contribution in [2.75, 3.05) is 26.8 Å². The molecule has 1 atom stereocenters. The molecule has 2 fully saturated rings. The Balaban J connectivity index is 1.44. The lowest BCUT2D eigenvalue weighted by molar-refractivity contribution is -0.150. The molecule has 1 amide bonds. The van der Waals surface area contributed by atoms with E-state index in [-0.39, 0.29) is 32.3 Å². The van der Waals surface area contributed by atoms with Gasteiger partial charge in [-0.05, 0) is 61.9 Å². The third-order valence-corrected chi connectivity index (χ3v) is 9.21. The standard InChI is InChI=1S/C26H32N2O7S/c1-17-14-23(33-4)18(2)19(3)24(17)36(31,32)27-12-10-21(11-13-27)28-22(16-35-26(28)30)25(29)34-15-20-8-6-5-7-9-20/h5-9,14,21-22H,10-13,15-16H2,1-4H3. The minimum Gasteiger partial charge on any atom is -0.496 e. The maximum atomic E-state index is 13.6. The van der Waals surface area contributed by atoms with Crippen LogP contribution in [0.2, 0.25) is 0 Å². The highest BCUT2D eigenvalue weighted by Crippen LogP contribution is 2.34. The maximum absolute atomic E-state index is 13.6. The number of piperidine rings is 1. The molecular weight excluding hydrogens is 484 g/mol. The van der Waals surface area contributed by atoms with Crippen LogP contribution in [0.25, 0.3) is 0 Å². The largest absolute Gasteiger partial charge is 0.496 e. The molecule has 0 N–H and O–H groups in total. The summed E-state index contributed by atoms with van der Waals surface area (Å²) < 4.78 is 44.6. The topological polar surface area (TPSA) is 102 Å². The Hall–Kier alpha value is -3.11. The summed E-state index contributed by atoms with van der Waals surface area (Å²) in [5, 5.41) is 0. The smallest absolute Gasteiger partial charge is 0.410 e. The van der Waals surface area contributed by atoms with Gasteiger partial charge in [0.25, 0.3) is 0 Å². The molecule has 0 radical (unpaired) electrons. The normalized spacial score (nSPS) is 19.3. The fraction of sp³-hybridized carbons (Fsp3) is 0.462. The SMILES string of the molecule is COc1cc(C)c(S(=O)(=O)N2CCC(N3C(=O)OCC3C(=O)OCc3ccccc3)CC2)c(C)c1C. The molecule has 0 saturated carbocycles. The summed E-state index contributed by atoms with van der Waals surface area (Å²) in [4.78, 5) is 27.0. The van der Waals surface area contributed by atoms with Crippen LogP contribution in [0.15, 0.2) is 41.3 Å². The van der Waals surface area contributed by atoms with E-state index < -0.39 is 28.1 Å². The second-order valence-electron chi connectivity index (χ2n) is 9.20. The monoisotopic (exact) mass is 516 g/mol. The van der Waals surface area contributed by atoms with Gasteiger partial charge in [-0.2, -0.15) is 4.31 Å². The highest BCUT2D eigenvalue weighted by atomic mass is 32.2. The Kier molecular flexibility index (Phi) is 7.56. The lowest BCUT2D eigenvalue weighted by Gasteiger charge is -2.37. The number of esters is 1. The molecule has 0 aliphatic carbocycles. The van der Waals surface area contributed by atoms with Gasteiger partial charge in [-0.15, -0.1) is 0 Å². The van der Waals surface area contributed by atoms with Crippen LogP contribution in [0.1, 0.15) is 35.1 Å². The van der Waals surface area contributed by atoms with Crippen molar-refractivity contribution in [3.63, 3.8) is 0 Å². The predicted octanol–water partition coefficient (Wildman–Crippen LogP) is 3.34. The zero-order valence-corrected chi connectivity index (χ0v) is 21.8. The van der Waals surface area contributed by atoms with Crippen LogP contribution in [0.4, 0.5) is 4.79 Å². The average molecular weight is 517 g/mol. The van der Waals surface area contributed by atoms with Gasteiger partial charge in [0.1, 0.15) is 19.0 Å². The van der Waals surface area contributed by atoms with Crippen molar-refractivity contribution in [3.8, 4) is 5.75 Å². The Bertz CT molecular complexity index is 1240. The molecule has 10 heteroatoms. The Morgan fingerprint density at radius 1 is 1.08 bits per heavy atom. The van der Waals surface area contributed by atoms with Gasteiger partial charge in [0.15, 0.2) is 6.04 Å². The molecule has 194 valence electrons. The fourth-order valence-electron chi connectivity index (χ4n) is 4.96. The van der Waals surface area contributed by atoms with E-state index in [4.69, 9.17) is 14.2 Å². The van der Waals surface area contributed by atoms with Crippen LogP contribution in [0, 0.1) is 20.8 Å². The molecule has 0 aromatic heterocycles. The number of nitrogens with zero attached hydrogens (tertiary/aromatic N) is 2. The van der Waals surface area contributed by atoms with Crippen LogP contribution in [-0.2, 0) is 30.9 Å². The number of sulfonamides is 1. The molecule has 2 aromatic rings. The van der Waals surface area contributed by atoms with Gasteiger partial charge in [-0.3, -0.25) is 4.90 Å². The third-order valence-electron chi connectivity index (χ3n) is 7.02. The molecule has 9 nitrogen and oxygen atoms in total. The van der Waals surface area contributed by atoms with Crippen LogP contribution >= 0.6 is 0 Å². The molecule has 36 heavy (non-hydrogen) atoms. The zero-order valence-electron chi connectivity index (χ0n) is 21.0. The van der Waals surface area contributed by atoms with Crippen molar-refractivity contribution in [3.05, 3.63) is 58.7 Å². The molecule has 4 rings (SSSR count). The molecule has 2 aromatic carbocycles. The second-order valence-corrected chi connectivity index (χ2v) is 11.1. The van der Waals surface area contributed by atoms with Crippen LogP contribution in [0.5, 0.6) is 5.75 Å². The molecule has 0 spiro atoms. The highest BCUT2D eigenvalue weighted by molar-refractivity contribution is 7.89. The lowest BCUT2D eigenvalue weighted by atomic mass is 10.0. The first kappa shape index (κ1) is 26.0. The van der Waals surface area contributed by atoms with Gasteiger partial charge in [-0.1, -0.05) is 30.3 Å². The number of cyclic esters (lactones) is 1. The van der Waals surface area contributed by atoms with E-state index >= 15 is 0 Å². The second kappa shape index (κ2) is 10.5. The molecule has 1 unspecified atom stereocenters. The quantitative estimate of drug-likeness (QED) is 0.520. The van der Waals surface area contributed by atoms with Crippen molar-refractivity contribution in [1.82, 2.24) is 9.21 Å². The zero-order chi connectivity index (χ0) is 26.0. The molecule has 2 aliphatic rings. The van der Waals surface area contributed by atoms with E-state index in [1.165, 1.54) is 9.21 Å². The first-order valence-corrected chi connectivity index (χ1v) is 13.4. The van der Waals surface area contributed by atoms with E-state index in [1.807, 2.05) is 37.3 Å². The van der Waals surface area contributed by atoms with Crippen LogP contribution in [-0.4, -0.2) is 68.6 Å². The minimum absolute atomic E-state index is 0.0749. The first-order valence-electron chi connectivity index (χ1n) is 12.0. The van der Waals surface area contributed by atoms with Crippen molar-refractivity contribution in [2.45, 2.75) is 57.2 Å². The van der Waals surface area contributed by atoms with Crippen molar-refractivity contribution in [2.24, 2.45) is 0 Å². The number of benzene rings is 2. The van der Waals surface area contributed by atoms with Crippen LogP contribution in [0.3, 0.4) is 0 Å². The molecule has 2 saturated heterocycles. The molecule has 0 bridgehead atoms. The summed E-state index contributed by atoms with van der Waals surface area (Å²) in [6, 6.07) is 9.88. The maximum Gasteiger partial charge on any atom is 0.410 e. The number of hydrogen-bond donors (Lipinski definition) is 0. The number of methoxy groups -OCH3 is 1. The average Bonchev–Trinajstić information content (AvgIpc) is 3.26. The number of ether oxygens (including phenoxy) is 3. The number of amides is 1. The summed E-state index contributed by atoms with van der Waals surface area (Å²) in [5.74, 6) is 0.125. The molecule has 2 aliphatic heterocycles. The number of hydrogen-bond acceptors (Lipinski definition) is 7. The van der Waals surface area contributed by atoms with Gasteiger partial charge < -0.3 is 14.2 Å². The number of carbonyl (C=O) groups is 2. The summed E-state index contributed by atoms with van der Waals surface area (Å²) >= 11 is 0. The molecule has 2 heterocycles. The number of aryl methyl sites for hydroxylation is 1. The first-order chi connectivity index (χ1) is 17.1. The Morgan fingerprint density at radius 3 is 2.39 bits per heavy atom. The lowest BCUT2D eigenvalue weighted by Crippen LogP contribution is -2.52. The summed E-state index contributed by atoms with van der Waals surface area (Å²) in [6.45, 7) is 5.88. The van der Waals surface area contributed by atoms with Gasteiger partial charge in [0.05, 0.1) is 12.0 Å². The Labute approximate surface area is 212 Å². The summed E-state index contributed by atoms with van der Waals surface area (Å²) in [7, 11) is -2.19. The van der Waals surface area contributed by atoms with E-state index in [1.54, 1.807) is 27.0 Å². The summed E-state index contributed by atoms with van der Waals surface area (Å²) in [5.41, 5.74) is 2.92. The highest BCUT2D eigenvalue weighted by Gasteiger charge is 2.45. The van der Waals surface area contributed by atoms with Crippen molar-refractivity contribution < 1.29 is 32.2 Å². The minimum atomic E-state index is -3.75. The molecular formula is C26H32N2O7S. The van der Waals surface area contributed by atoms with Gasteiger partial charge in [0, 0.05) is 19.1 Å². The van der Waals surface area contributed by atoms with E-state index in [9.17, 15) is 18.0 Å². The van der Waals surface area contributed by atoms with Gasteiger partial charge in [-0.25, -0.2) is 18.0 Å². The predicted molar refractivity (Wildman–Crippen MR) is 132 cm³/mol. The third kappa shape index (κ3) is 4.92.